The van der Waals surface area contributed by atoms with Crippen molar-refractivity contribution in [1.29, 1.82) is 0 Å². The molecule has 0 spiro atoms. The number of rotatable bonds is 5. The van der Waals surface area contributed by atoms with Gasteiger partial charge in [0.15, 0.2) is 12.3 Å². The van der Waals surface area contributed by atoms with Gasteiger partial charge in [0, 0.05) is 0 Å². The highest BCUT2D eigenvalue weighted by Crippen LogP contribution is 2.41. The summed E-state index contributed by atoms with van der Waals surface area (Å²) < 4.78 is 12.9. The zero-order valence-corrected chi connectivity index (χ0v) is 16.4. The maximum atomic E-state index is 12.9. The number of cyclic esters (lactones) is 1. The third-order valence-electron chi connectivity index (χ3n) is 5.32. The highest BCUT2D eigenvalue weighted by molar-refractivity contribution is 5.75. The Bertz CT molecular complexity index is 1170. The topological polar surface area (TPSA) is 69.5 Å². The minimum Gasteiger partial charge on any atom is -0.497 e. The first-order chi connectivity index (χ1) is 14.7. The Morgan fingerprint density at radius 1 is 0.967 bits per heavy atom. The summed E-state index contributed by atoms with van der Waals surface area (Å²) in [5.41, 5.74) is 3.49. The second kappa shape index (κ2) is 7.51. The monoisotopic (exact) mass is 400 g/mol. The summed E-state index contributed by atoms with van der Waals surface area (Å²) in [6, 6.07) is 25.1. The van der Waals surface area contributed by atoms with Crippen molar-refractivity contribution in [1.82, 2.24) is 19.9 Å². The first-order valence-electron chi connectivity index (χ1n) is 9.69. The summed E-state index contributed by atoms with van der Waals surface area (Å²) in [5.74, 6) is 0.743. The molecule has 5 rings (SSSR count). The van der Waals surface area contributed by atoms with E-state index in [2.05, 4.69) is 10.3 Å². The molecule has 1 fully saturated rings. The van der Waals surface area contributed by atoms with Gasteiger partial charge in [-0.2, -0.15) is 0 Å². The lowest BCUT2D eigenvalue weighted by Crippen LogP contribution is -2.32. The number of aromatic nitrogens is 3. The number of hydrogen-bond donors (Lipinski definition) is 0. The van der Waals surface area contributed by atoms with Crippen molar-refractivity contribution in [3.05, 3.63) is 90.0 Å². The lowest BCUT2D eigenvalue weighted by atomic mass is 10.1. The maximum absolute atomic E-state index is 12.9. The molecule has 3 aromatic carbocycles. The SMILES string of the molecule is COc1ccc([C@H]2OC(=O)N(Cc3ccccc3)[C@@H]2n2nnc3ccccc32)cc1. The lowest BCUT2D eigenvalue weighted by Gasteiger charge is -2.25. The molecule has 0 saturated carbocycles. The molecule has 1 aliphatic rings. The Hall–Kier alpha value is -3.87. The van der Waals surface area contributed by atoms with E-state index in [9.17, 15) is 4.79 Å². The van der Waals surface area contributed by atoms with Crippen molar-refractivity contribution in [2.24, 2.45) is 0 Å². The summed E-state index contributed by atoms with van der Waals surface area (Å²) in [4.78, 5) is 14.6. The number of carbonyl (C=O) groups is 1. The first kappa shape index (κ1) is 18.2. The normalized spacial score (nSPS) is 18.6. The largest absolute Gasteiger partial charge is 0.497 e. The highest BCUT2D eigenvalue weighted by Gasteiger charge is 2.45. The van der Waals surface area contributed by atoms with Crippen LogP contribution in [0.5, 0.6) is 5.75 Å². The fourth-order valence-corrected chi connectivity index (χ4v) is 3.82. The average Bonchev–Trinajstić information content (AvgIpc) is 3.35. The van der Waals surface area contributed by atoms with E-state index >= 15 is 0 Å². The summed E-state index contributed by atoms with van der Waals surface area (Å²) in [5, 5.41) is 8.67. The molecular formula is C23H20N4O3. The predicted molar refractivity (Wildman–Crippen MR) is 111 cm³/mol. The van der Waals surface area contributed by atoms with Crippen molar-refractivity contribution in [3.63, 3.8) is 0 Å². The zero-order valence-electron chi connectivity index (χ0n) is 16.4. The molecule has 0 radical (unpaired) electrons. The molecular weight excluding hydrogens is 380 g/mol. The van der Waals surface area contributed by atoms with Gasteiger partial charge in [-0.05, 0) is 35.4 Å². The molecule has 150 valence electrons. The molecule has 0 unspecified atom stereocenters. The fourth-order valence-electron chi connectivity index (χ4n) is 3.82. The number of nitrogens with zero attached hydrogens (tertiary/aromatic N) is 4. The Kier molecular flexibility index (Phi) is 4.55. The van der Waals surface area contributed by atoms with Crippen LogP contribution in [-0.4, -0.2) is 33.1 Å². The van der Waals surface area contributed by atoms with Gasteiger partial charge in [-0.3, -0.25) is 4.90 Å². The number of carbonyl (C=O) groups excluding carboxylic acids is 1. The Balaban J connectivity index is 1.60. The number of ether oxygens (including phenoxy) is 2. The van der Waals surface area contributed by atoms with Gasteiger partial charge in [0.1, 0.15) is 11.3 Å². The molecule has 1 amide bonds. The van der Waals surface area contributed by atoms with Crippen LogP contribution in [-0.2, 0) is 11.3 Å². The lowest BCUT2D eigenvalue weighted by molar-refractivity contribution is 0.119. The van der Waals surface area contributed by atoms with E-state index in [1.807, 2.05) is 78.9 Å². The van der Waals surface area contributed by atoms with Gasteiger partial charge in [0.05, 0.1) is 19.2 Å². The van der Waals surface area contributed by atoms with Crippen LogP contribution in [0.3, 0.4) is 0 Å². The van der Waals surface area contributed by atoms with Crippen LogP contribution in [0.25, 0.3) is 11.0 Å². The number of hydrogen-bond acceptors (Lipinski definition) is 5. The van der Waals surface area contributed by atoms with Gasteiger partial charge in [0.25, 0.3) is 0 Å². The van der Waals surface area contributed by atoms with Gasteiger partial charge in [-0.1, -0.05) is 59.8 Å². The van der Waals surface area contributed by atoms with E-state index in [-0.39, 0.29) is 6.09 Å². The molecule has 0 bridgehead atoms. The quantitative estimate of drug-likeness (QED) is 0.499. The summed E-state index contributed by atoms with van der Waals surface area (Å²) in [7, 11) is 1.62. The van der Waals surface area contributed by atoms with Gasteiger partial charge in [-0.25, -0.2) is 9.48 Å². The standard InChI is InChI=1S/C23H20N4O3/c1-29-18-13-11-17(12-14-18)21-22(27-20-10-6-5-9-19(20)24-25-27)26(23(28)30-21)15-16-7-3-2-4-8-16/h2-14,21-22H,15H2,1H3/t21-,22-/m1/s1. The minimum absolute atomic E-state index is 0.385. The smallest absolute Gasteiger partial charge is 0.412 e. The molecule has 1 aliphatic heterocycles. The van der Waals surface area contributed by atoms with E-state index in [1.165, 1.54) is 0 Å². The third kappa shape index (κ3) is 3.14. The molecule has 0 N–H and O–H groups in total. The van der Waals surface area contributed by atoms with Gasteiger partial charge < -0.3 is 9.47 Å². The zero-order chi connectivity index (χ0) is 20.5. The third-order valence-corrected chi connectivity index (χ3v) is 5.32. The van der Waals surface area contributed by atoms with E-state index in [0.29, 0.717) is 6.54 Å². The van der Waals surface area contributed by atoms with E-state index in [0.717, 1.165) is 27.9 Å². The van der Waals surface area contributed by atoms with Crippen molar-refractivity contribution >= 4 is 17.1 Å². The molecule has 7 nitrogen and oxygen atoms in total. The van der Waals surface area contributed by atoms with E-state index in [4.69, 9.17) is 9.47 Å². The van der Waals surface area contributed by atoms with Crippen molar-refractivity contribution in [2.45, 2.75) is 18.8 Å². The number of para-hydroxylation sites is 1. The fraction of sp³-hybridized carbons (Fsp3) is 0.174. The van der Waals surface area contributed by atoms with Crippen molar-refractivity contribution in [3.8, 4) is 5.75 Å². The van der Waals surface area contributed by atoms with Gasteiger partial charge >= 0.3 is 6.09 Å². The van der Waals surface area contributed by atoms with Crippen LogP contribution >= 0.6 is 0 Å². The Morgan fingerprint density at radius 3 is 2.47 bits per heavy atom. The predicted octanol–water partition coefficient (Wildman–Crippen LogP) is 4.33. The van der Waals surface area contributed by atoms with Crippen LogP contribution < -0.4 is 4.74 Å². The maximum Gasteiger partial charge on any atom is 0.412 e. The summed E-state index contributed by atoms with van der Waals surface area (Å²) >= 11 is 0. The van der Waals surface area contributed by atoms with Crippen LogP contribution in [0.15, 0.2) is 78.9 Å². The van der Waals surface area contributed by atoms with E-state index < -0.39 is 12.3 Å². The summed E-state index contributed by atoms with van der Waals surface area (Å²) in [6.07, 6.45) is -1.39. The number of amides is 1. The minimum atomic E-state index is -0.530. The number of benzene rings is 3. The number of methoxy groups -OCH3 is 1. The Morgan fingerprint density at radius 2 is 1.70 bits per heavy atom. The molecule has 30 heavy (non-hydrogen) atoms. The molecule has 4 aromatic rings. The average molecular weight is 400 g/mol. The van der Waals surface area contributed by atoms with Crippen LogP contribution in [0.2, 0.25) is 0 Å². The van der Waals surface area contributed by atoms with Crippen LogP contribution in [0, 0.1) is 0 Å². The Labute approximate surface area is 173 Å². The molecule has 1 saturated heterocycles. The first-order valence-corrected chi connectivity index (χ1v) is 9.69. The summed E-state index contributed by atoms with van der Waals surface area (Å²) in [6.45, 7) is 0.408. The van der Waals surface area contributed by atoms with Gasteiger partial charge in [0.2, 0.25) is 0 Å². The molecule has 0 aliphatic carbocycles. The van der Waals surface area contributed by atoms with Crippen LogP contribution in [0.4, 0.5) is 4.79 Å². The molecule has 1 aromatic heterocycles. The number of fused-ring (bicyclic) bond motifs is 1. The van der Waals surface area contributed by atoms with E-state index in [1.54, 1.807) is 16.7 Å². The second-order valence-electron chi connectivity index (χ2n) is 7.13. The highest BCUT2D eigenvalue weighted by atomic mass is 16.6. The van der Waals surface area contributed by atoms with Crippen molar-refractivity contribution < 1.29 is 14.3 Å². The molecule has 7 heteroatoms. The van der Waals surface area contributed by atoms with Gasteiger partial charge in [-0.15, -0.1) is 5.10 Å². The van der Waals surface area contributed by atoms with Crippen molar-refractivity contribution in [2.75, 3.05) is 7.11 Å². The second-order valence-corrected chi connectivity index (χ2v) is 7.13. The van der Waals surface area contributed by atoms with Crippen LogP contribution in [0.1, 0.15) is 23.4 Å². The molecule has 2 heterocycles. The molecule has 2 atom stereocenters.